The van der Waals surface area contributed by atoms with Crippen LogP contribution >= 0.6 is 0 Å². The molecule has 0 aromatic heterocycles. The van der Waals surface area contributed by atoms with Crippen LogP contribution in [-0.4, -0.2) is 50.2 Å². The van der Waals surface area contributed by atoms with Gasteiger partial charge in [-0.3, -0.25) is 4.79 Å². The third-order valence-electron chi connectivity index (χ3n) is 3.94. The normalized spacial score (nSPS) is 27.9. The van der Waals surface area contributed by atoms with Crippen LogP contribution in [0.1, 0.15) is 32.1 Å². The fourth-order valence-corrected chi connectivity index (χ4v) is 2.82. The van der Waals surface area contributed by atoms with Gasteiger partial charge in [0.15, 0.2) is 0 Å². The van der Waals surface area contributed by atoms with Crippen molar-refractivity contribution >= 4 is 5.91 Å². The Balaban J connectivity index is 1.69. The standard InChI is InChI=1S/C13H24N2O2/c1-14-13(16)11-5-7-15(8-6-11)10-12-4-2-3-9-17-12/h11-12H,2-10H2,1H3,(H,14,16). The Kier molecular flexibility index (Phi) is 4.80. The number of carbonyl (C=O) groups is 1. The van der Waals surface area contributed by atoms with Gasteiger partial charge < -0.3 is 15.0 Å². The van der Waals surface area contributed by atoms with Crippen LogP contribution in [0.3, 0.4) is 0 Å². The molecule has 0 spiro atoms. The first kappa shape index (κ1) is 12.8. The minimum atomic E-state index is 0.207. The molecule has 2 rings (SSSR count). The maximum atomic E-state index is 11.5. The van der Waals surface area contributed by atoms with E-state index in [4.69, 9.17) is 4.74 Å². The molecule has 0 saturated carbocycles. The number of carbonyl (C=O) groups excluding carboxylic acids is 1. The molecule has 0 aliphatic carbocycles. The summed E-state index contributed by atoms with van der Waals surface area (Å²) in [6.45, 7) is 4.07. The fraction of sp³-hybridized carbons (Fsp3) is 0.923. The smallest absolute Gasteiger partial charge is 0.222 e. The Hall–Kier alpha value is -0.610. The van der Waals surface area contributed by atoms with Gasteiger partial charge in [-0.2, -0.15) is 0 Å². The van der Waals surface area contributed by atoms with Gasteiger partial charge in [0.1, 0.15) is 0 Å². The summed E-state index contributed by atoms with van der Waals surface area (Å²) in [4.78, 5) is 14.0. The van der Waals surface area contributed by atoms with Gasteiger partial charge in [0.25, 0.3) is 0 Å². The van der Waals surface area contributed by atoms with Gasteiger partial charge in [-0.15, -0.1) is 0 Å². The quantitative estimate of drug-likeness (QED) is 0.800. The van der Waals surface area contributed by atoms with E-state index in [1.165, 1.54) is 19.3 Å². The van der Waals surface area contributed by atoms with Crippen LogP contribution in [0.4, 0.5) is 0 Å². The summed E-state index contributed by atoms with van der Waals surface area (Å²) in [5, 5.41) is 2.75. The maximum Gasteiger partial charge on any atom is 0.222 e. The van der Waals surface area contributed by atoms with E-state index >= 15 is 0 Å². The number of hydrogen-bond donors (Lipinski definition) is 1. The zero-order valence-corrected chi connectivity index (χ0v) is 10.8. The number of ether oxygens (including phenoxy) is 1. The Morgan fingerprint density at radius 1 is 1.29 bits per heavy atom. The fourth-order valence-electron chi connectivity index (χ4n) is 2.82. The SMILES string of the molecule is CNC(=O)C1CCN(CC2CCCCO2)CC1. The lowest BCUT2D eigenvalue weighted by Crippen LogP contribution is -2.43. The molecule has 0 aromatic carbocycles. The van der Waals surface area contributed by atoms with Crippen LogP contribution in [0.2, 0.25) is 0 Å². The molecule has 0 bridgehead atoms. The van der Waals surface area contributed by atoms with Crippen molar-refractivity contribution in [3.8, 4) is 0 Å². The summed E-state index contributed by atoms with van der Waals surface area (Å²) < 4.78 is 5.76. The topological polar surface area (TPSA) is 41.6 Å². The molecule has 1 N–H and O–H groups in total. The van der Waals surface area contributed by atoms with Gasteiger partial charge in [0.05, 0.1) is 6.10 Å². The molecule has 2 saturated heterocycles. The molecule has 2 heterocycles. The highest BCUT2D eigenvalue weighted by Crippen LogP contribution is 2.20. The molecule has 1 amide bonds. The van der Waals surface area contributed by atoms with Crippen LogP contribution in [0.5, 0.6) is 0 Å². The van der Waals surface area contributed by atoms with E-state index in [0.29, 0.717) is 6.10 Å². The van der Waals surface area contributed by atoms with E-state index < -0.39 is 0 Å². The number of amides is 1. The van der Waals surface area contributed by atoms with Crippen molar-refractivity contribution < 1.29 is 9.53 Å². The Bertz CT molecular complexity index is 244. The minimum Gasteiger partial charge on any atom is -0.377 e. The zero-order chi connectivity index (χ0) is 12.1. The molecule has 4 nitrogen and oxygen atoms in total. The van der Waals surface area contributed by atoms with Gasteiger partial charge in [-0.25, -0.2) is 0 Å². The number of nitrogens with one attached hydrogen (secondary N) is 1. The first-order valence-electron chi connectivity index (χ1n) is 6.85. The highest BCUT2D eigenvalue weighted by molar-refractivity contribution is 5.78. The molecule has 2 aliphatic heterocycles. The van der Waals surface area contributed by atoms with Crippen molar-refractivity contribution in [2.24, 2.45) is 5.92 Å². The van der Waals surface area contributed by atoms with Gasteiger partial charge in [-0.05, 0) is 45.2 Å². The molecular weight excluding hydrogens is 216 g/mol. The van der Waals surface area contributed by atoms with Gasteiger partial charge >= 0.3 is 0 Å². The van der Waals surface area contributed by atoms with Gasteiger partial charge in [0.2, 0.25) is 5.91 Å². The van der Waals surface area contributed by atoms with E-state index in [-0.39, 0.29) is 11.8 Å². The third-order valence-corrected chi connectivity index (χ3v) is 3.94. The van der Waals surface area contributed by atoms with Crippen LogP contribution in [-0.2, 0) is 9.53 Å². The Morgan fingerprint density at radius 2 is 2.06 bits per heavy atom. The van der Waals surface area contributed by atoms with Crippen LogP contribution in [0.25, 0.3) is 0 Å². The molecule has 1 atom stereocenters. The number of likely N-dealkylation sites (tertiary alicyclic amines) is 1. The van der Waals surface area contributed by atoms with Crippen molar-refractivity contribution in [1.29, 1.82) is 0 Å². The highest BCUT2D eigenvalue weighted by Gasteiger charge is 2.26. The molecule has 0 radical (unpaired) electrons. The van der Waals surface area contributed by atoms with Crippen molar-refractivity contribution in [2.45, 2.75) is 38.2 Å². The summed E-state index contributed by atoms with van der Waals surface area (Å²) in [7, 11) is 1.73. The number of hydrogen-bond acceptors (Lipinski definition) is 3. The van der Waals surface area contributed by atoms with Gasteiger partial charge in [-0.1, -0.05) is 0 Å². The monoisotopic (exact) mass is 240 g/mol. The molecular formula is C13H24N2O2. The van der Waals surface area contributed by atoms with Crippen molar-refractivity contribution in [3.05, 3.63) is 0 Å². The summed E-state index contributed by atoms with van der Waals surface area (Å²) in [6.07, 6.45) is 6.14. The predicted molar refractivity (Wildman–Crippen MR) is 66.8 cm³/mol. The van der Waals surface area contributed by atoms with E-state index in [1.807, 2.05) is 0 Å². The summed E-state index contributed by atoms with van der Waals surface area (Å²) in [6, 6.07) is 0. The maximum absolute atomic E-state index is 11.5. The number of nitrogens with zero attached hydrogens (tertiary/aromatic N) is 1. The first-order chi connectivity index (χ1) is 8.29. The summed E-state index contributed by atoms with van der Waals surface area (Å²) >= 11 is 0. The lowest BCUT2D eigenvalue weighted by atomic mass is 9.95. The molecule has 4 heteroatoms. The van der Waals surface area contributed by atoms with Crippen LogP contribution < -0.4 is 5.32 Å². The molecule has 2 aliphatic rings. The number of piperidine rings is 1. The molecule has 1 unspecified atom stereocenters. The Morgan fingerprint density at radius 3 is 2.65 bits per heavy atom. The second-order valence-corrected chi connectivity index (χ2v) is 5.18. The average Bonchev–Trinajstić information content (AvgIpc) is 2.40. The first-order valence-corrected chi connectivity index (χ1v) is 6.85. The Labute approximate surface area is 104 Å². The lowest BCUT2D eigenvalue weighted by molar-refractivity contribution is -0.126. The average molecular weight is 240 g/mol. The minimum absolute atomic E-state index is 0.207. The lowest BCUT2D eigenvalue weighted by Gasteiger charge is -2.34. The second kappa shape index (κ2) is 6.36. The molecule has 98 valence electrons. The van der Waals surface area contributed by atoms with E-state index in [9.17, 15) is 4.79 Å². The largest absolute Gasteiger partial charge is 0.377 e. The predicted octanol–water partition coefficient (Wildman–Crippen LogP) is 1.01. The van der Waals surface area contributed by atoms with E-state index in [1.54, 1.807) is 7.05 Å². The van der Waals surface area contributed by atoms with E-state index in [0.717, 1.165) is 39.1 Å². The second-order valence-electron chi connectivity index (χ2n) is 5.18. The van der Waals surface area contributed by atoms with Gasteiger partial charge in [0, 0.05) is 26.1 Å². The highest BCUT2D eigenvalue weighted by atomic mass is 16.5. The van der Waals surface area contributed by atoms with Crippen molar-refractivity contribution in [3.63, 3.8) is 0 Å². The van der Waals surface area contributed by atoms with Crippen LogP contribution in [0, 0.1) is 5.92 Å². The van der Waals surface area contributed by atoms with Crippen LogP contribution in [0.15, 0.2) is 0 Å². The summed E-state index contributed by atoms with van der Waals surface area (Å²) in [5.41, 5.74) is 0. The number of rotatable bonds is 3. The molecule has 0 aromatic rings. The van der Waals surface area contributed by atoms with E-state index in [2.05, 4.69) is 10.2 Å². The molecule has 17 heavy (non-hydrogen) atoms. The third kappa shape index (κ3) is 3.68. The molecule has 2 fully saturated rings. The van der Waals surface area contributed by atoms with Crippen molar-refractivity contribution in [1.82, 2.24) is 10.2 Å². The summed E-state index contributed by atoms with van der Waals surface area (Å²) in [5.74, 6) is 0.432. The zero-order valence-electron chi connectivity index (χ0n) is 10.8. The van der Waals surface area contributed by atoms with Crippen molar-refractivity contribution in [2.75, 3.05) is 33.3 Å².